The van der Waals surface area contributed by atoms with E-state index in [0.29, 0.717) is 6.10 Å². The molecule has 2 heteroatoms. The summed E-state index contributed by atoms with van der Waals surface area (Å²) in [5.41, 5.74) is 0. The second-order valence-electron chi connectivity index (χ2n) is 3.29. The molecule has 0 saturated carbocycles. The zero-order chi connectivity index (χ0) is 9.23. The van der Waals surface area contributed by atoms with Crippen molar-refractivity contribution in [3.63, 3.8) is 0 Å². The maximum atomic E-state index is 5.15. The fraction of sp³-hybridized carbons (Fsp3) is 1.00. The standard InChI is InChI=1S/C10H23NO/c1-4-5-8-11-9-6-7-10(2)12-3/h10-11H,4-9H2,1-3H3. The van der Waals surface area contributed by atoms with Crippen LogP contribution in [0.3, 0.4) is 0 Å². The van der Waals surface area contributed by atoms with Gasteiger partial charge < -0.3 is 10.1 Å². The number of unbranched alkanes of at least 4 members (excludes halogenated alkanes) is 1. The van der Waals surface area contributed by atoms with Crippen LogP contribution in [-0.2, 0) is 4.74 Å². The molecule has 1 unspecified atom stereocenters. The third kappa shape index (κ3) is 8.02. The number of hydrogen-bond acceptors (Lipinski definition) is 2. The van der Waals surface area contributed by atoms with Gasteiger partial charge in [-0.2, -0.15) is 0 Å². The molecular weight excluding hydrogens is 150 g/mol. The second-order valence-corrected chi connectivity index (χ2v) is 3.29. The van der Waals surface area contributed by atoms with Gasteiger partial charge in [-0.1, -0.05) is 13.3 Å². The van der Waals surface area contributed by atoms with Gasteiger partial charge in [-0.25, -0.2) is 0 Å². The third-order valence-corrected chi connectivity index (χ3v) is 2.07. The summed E-state index contributed by atoms with van der Waals surface area (Å²) >= 11 is 0. The summed E-state index contributed by atoms with van der Waals surface area (Å²) in [7, 11) is 1.77. The van der Waals surface area contributed by atoms with Crippen molar-refractivity contribution in [1.82, 2.24) is 5.32 Å². The average Bonchev–Trinajstić information content (AvgIpc) is 2.10. The van der Waals surface area contributed by atoms with Gasteiger partial charge in [0.2, 0.25) is 0 Å². The predicted octanol–water partition coefficient (Wildman–Crippen LogP) is 2.19. The predicted molar refractivity (Wildman–Crippen MR) is 53.5 cm³/mol. The van der Waals surface area contributed by atoms with Gasteiger partial charge in [0.05, 0.1) is 6.10 Å². The molecule has 0 aliphatic rings. The fourth-order valence-corrected chi connectivity index (χ4v) is 1.06. The van der Waals surface area contributed by atoms with Crippen molar-refractivity contribution in [2.24, 2.45) is 0 Å². The van der Waals surface area contributed by atoms with Crippen molar-refractivity contribution in [1.29, 1.82) is 0 Å². The highest BCUT2D eigenvalue weighted by molar-refractivity contribution is 4.52. The first kappa shape index (κ1) is 11.9. The summed E-state index contributed by atoms with van der Waals surface area (Å²) in [5, 5.41) is 3.41. The Morgan fingerprint density at radius 3 is 2.50 bits per heavy atom. The summed E-state index contributed by atoms with van der Waals surface area (Å²) in [6, 6.07) is 0. The van der Waals surface area contributed by atoms with Crippen LogP contribution in [0.25, 0.3) is 0 Å². The molecule has 0 spiro atoms. The molecule has 0 aromatic carbocycles. The molecule has 0 bridgehead atoms. The zero-order valence-electron chi connectivity index (χ0n) is 8.73. The Hall–Kier alpha value is -0.0800. The summed E-state index contributed by atoms with van der Waals surface area (Å²) in [4.78, 5) is 0. The third-order valence-electron chi connectivity index (χ3n) is 2.07. The van der Waals surface area contributed by atoms with Crippen LogP contribution in [0.15, 0.2) is 0 Å². The number of hydrogen-bond donors (Lipinski definition) is 1. The lowest BCUT2D eigenvalue weighted by molar-refractivity contribution is 0.109. The minimum atomic E-state index is 0.415. The molecule has 0 fully saturated rings. The topological polar surface area (TPSA) is 21.3 Å². The van der Waals surface area contributed by atoms with Gasteiger partial charge in [0.25, 0.3) is 0 Å². The lowest BCUT2D eigenvalue weighted by Gasteiger charge is -2.08. The van der Waals surface area contributed by atoms with Gasteiger partial charge >= 0.3 is 0 Å². The van der Waals surface area contributed by atoms with E-state index in [9.17, 15) is 0 Å². The van der Waals surface area contributed by atoms with Crippen molar-refractivity contribution < 1.29 is 4.74 Å². The monoisotopic (exact) mass is 173 g/mol. The first-order chi connectivity index (χ1) is 5.81. The number of methoxy groups -OCH3 is 1. The molecule has 0 heterocycles. The molecule has 0 radical (unpaired) electrons. The van der Waals surface area contributed by atoms with Crippen molar-refractivity contribution >= 4 is 0 Å². The Morgan fingerprint density at radius 2 is 1.92 bits per heavy atom. The number of rotatable bonds is 8. The van der Waals surface area contributed by atoms with Crippen LogP contribution in [0.4, 0.5) is 0 Å². The minimum Gasteiger partial charge on any atom is -0.382 e. The van der Waals surface area contributed by atoms with Crippen LogP contribution < -0.4 is 5.32 Å². The molecule has 2 nitrogen and oxygen atoms in total. The lowest BCUT2D eigenvalue weighted by Crippen LogP contribution is -2.18. The Bertz CT molecular complexity index is 85.9. The van der Waals surface area contributed by atoms with Crippen molar-refractivity contribution in [2.45, 2.75) is 45.6 Å². The molecular formula is C10H23NO. The molecule has 0 saturated heterocycles. The Kier molecular flexibility index (Phi) is 8.95. The Morgan fingerprint density at radius 1 is 1.25 bits per heavy atom. The molecule has 1 atom stereocenters. The smallest absolute Gasteiger partial charge is 0.0543 e. The van der Waals surface area contributed by atoms with E-state index in [2.05, 4.69) is 19.2 Å². The van der Waals surface area contributed by atoms with Gasteiger partial charge in [0.15, 0.2) is 0 Å². The summed E-state index contributed by atoms with van der Waals surface area (Å²) in [6.45, 7) is 6.63. The Labute approximate surface area is 76.7 Å². The molecule has 0 rings (SSSR count). The highest BCUT2D eigenvalue weighted by Gasteiger charge is 1.97. The van der Waals surface area contributed by atoms with Crippen molar-refractivity contribution in [3.05, 3.63) is 0 Å². The van der Waals surface area contributed by atoms with Crippen molar-refractivity contribution in [2.75, 3.05) is 20.2 Å². The molecule has 0 aromatic heterocycles. The minimum absolute atomic E-state index is 0.415. The quantitative estimate of drug-likeness (QED) is 0.568. The normalized spacial score (nSPS) is 13.2. The molecule has 12 heavy (non-hydrogen) atoms. The lowest BCUT2D eigenvalue weighted by atomic mass is 10.2. The summed E-state index contributed by atoms with van der Waals surface area (Å²) in [6.07, 6.45) is 5.37. The molecule has 0 amide bonds. The molecule has 1 N–H and O–H groups in total. The van der Waals surface area contributed by atoms with Crippen LogP contribution in [0, 0.1) is 0 Å². The van der Waals surface area contributed by atoms with Crippen LogP contribution >= 0.6 is 0 Å². The average molecular weight is 173 g/mol. The van der Waals surface area contributed by atoms with E-state index < -0.39 is 0 Å². The van der Waals surface area contributed by atoms with Gasteiger partial charge in [-0.15, -0.1) is 0 Å². The first-order valence-corrected chi connectivity index (χ1v) is 5.04. The van der Waals surface area contributed by atoms with Crippen molar-refractivity contribution in [3.8, 4) is 0 Å². The molecule has 0 aliphatic heterocycles. The second kappa shape index (κ2) is 9.01. The van der Waals surface area contributed by atoms with E-state index >= 15 is 0 Å². The maximum Gasteiger partial charge on any atom is 0.0543 e. The number of nitrogens with one attached hydrogen (secondary N) is 1. The van der Waals surface area contributed by atoms with E-state index in [0.717, 1.165) is 19.5 Å². The molecule has 74 valence electrons. The van der Waals surface area contributed by atoms with E-state index in [4.69, 9.17) is 4.74 Å². The Balaban J connectivity index is 2.90. The van der Waals surface area contributed by atoms with E-state index in [-0.39, 0.29) is 0 Å². The van der Waals surface area contributed by atoms with Crippen LogP contribution in [0.5, 0.6) is 0 Å². The van der Waals surface area contributed by atoms with E-state index in [1.165, 1.54) is 19.3 Å². The SMILES string of the molecule is CCCCNCCCC(C)OC. The largest absolute Gasteiger partial charge is 0.382 e. The summed E-state index contributed by atoms with van der Waals surface area (Å²) in [5.74, 6) is 0. The van der Waals surface area contributed by atoms with Gasteiger partial charge in [0.1, 0.15) is 0 Å². The zero-order valence-corrected chi connectivity index (χ0v) is 8.73. The van der Waals surface area contributed by atoms with E-state index in [1.807, 2.05) is 0 Å². The highest BCUT2D eigenvalue weighted by Crippen LogP contribution is 1.98. The fourth-order valence-electron chi connectivity index (χ4n) is 1.06. The maximum absolute atomic E-state index is 5.15. The molecule has 0 aromatic rings. The van der Waals surface area contributed by atoms with Crippen LogP contribution in [0.2, 0.25) is 0 Å². The van der Waals surface area contributed by atoms with Gasteiger partial charge in [0, 0.05) is 7.11 Å². The number of ether oxygens (including phenoxy) is 1. The van der Waals surface area contributed by atoms with Gasteiger partial charge in [-0.3, -0.25) is 0 Å². The van der Waals surface area contributed by atoms with Gasteiger partial charge in [-0.05, 0) is 39.3 Å². The highest BCUT2D eigenvalue weighted by atomic mass is 16.5. The van der Waals surface area contributed by atoms with Crippen LogP contribution in [-0.4, -0.2) is 26.3 Å². The van der Waals surface area contributed by atoms with E-state index in [1.54, 1.807) is 7.11 Å². The summed E-state index contributed by atoms with van der Waals surface area (Å²) < 4.78 is 5.15. The molecule has 0 aliphatic carbocycles. The van der Waals surface area contributed by atoms with Crippen LogP contribution in [0.1, 0.15) is 39.5 Å². The first-order valence-electron chi connectivity index (χ1n) is 5.04.